The van der Waals surface area contributed by atoms with E-state index in [4.69, 9.17) is 5.11 Å². The molecule has 0 saturated heterocycles. The number of aromatic nitrogens is 1. The zero-order chi connectivity index (χ0) is 12.0. The van der Waals surface area contributed by atoms with Crippen LogP contribution in [-0.2, 0) is 4.79 Å². The quantitative estimate of drug-likeness (QED) is 0.740. The Morgan fingerprint density at radius 2 is 2.38 bits per heavy atom. The Morgan fingerprint density at radius 3 is 2.88 bits per heavy atom. The second-order valence-electron chi connectivity index (χ2n) is 3.62. The number of nitrogens with zero attached hydrogens (tertiary/aromatic N) is 1. The first kappa shape index (κ1) is 13.0. The van der Waals surface area contributed by atoms with Gasteiger partial charge in [0.2, 0.25) is 0 Å². The molecule has 2 N–H and O–H groups in total. The maximum absolute atomic E-state index is 11.1. The molecule has 1 atom stereocenters. The second-order valence-corrected chi connectivity index (χ2v) is 4.62. The van der Waals surface area contributed by atoms with Crippen molar-refractivity contribution in [2.24, 2.45) is 0 Å². The van der Waals surface area contributed by atoms with E-state index in [1.54, 1.807) is 13.1 Å². The van der Waals surface area contributed by atoms with Crippen LogP contribution >= 0.6 is 11.8 Å². The van der Waals surface area contributed by atoms with Gasteiger partial charge in [0.05, 0.1) is 5.03 Å². The van der Waals surface area contributed by atoms with Gasteiger partial charge in [0.25, 0.3) is 0 Å². The van der Waals surface area contributed by atoms with Crippen molar-refractivity contribution >= 4 is 17.7 Å². The van der Waals surface area contributed by atoms with Gasteiger partial charge in [-0.25, -0.2) is 4.98 Å². The molecule has 5 heteroatoms. The van der Waals surface area contributed by atoms with Gasteiger partial charge in [0.1, 0.15) is 5.54 Å². The predicted molar refractivity (Wildman–Crippen MR) is 64.7 cm³/mol. The monoisotopic (exact) mass is 240 g/mol. The number of thioether (sulfide) groups is 1. The molecule has 1 aromatic rings. The minimum absolute atomic E-state index is 0.452. The van der Waals surface area contributed by atoms with Crippen LogP contribution in [0.1, 0.15) is 13.8 Å². The zero-order valence-corrected chi connectivity index (χ0v) is 10.3. The van der Waals surface area contributed by atoms with Crippen molar-refractivity contribution in [1.82, 2.24) is 10.3 Å². The van der Waals surface area contributed by atoms with Gasteiger partial charge in [-0.1, -0.05) is 13.0 Å². The fraction of sp³-hybridized carbons (Fsp3) is 0.455. The van der Waals surface area contributed by atoms with E-state index >= 15 is 0 Å². The van der Waals surface area contributed by atoms with E-state index in [2.05, 4.69) is 10.3 Å². The van der Waals surface area contributed by atoms with Crippen LogP contribution in [0, 0.1) is 0 Å². The summed E-state index contributed by atoms with van der Waals surface area (Å²) in [5.41, 5.74) is -0.906. The molecule has 0 saturated carbocycles. The van der Waals surface area contributed by atoms with Crippen LogP contribution < -0.4 is 5.32 Å². The molecule has 0 bridgehead atoms. The number of aliphatic carboxylic acids is 1. The van der Waals surface area contributed by atoms with Crippen molar-refractivity contribution in [3.8, 4) is 0 Å². The molecule has 0 aliphatic rings. The van der Waals surface area contributed by atoms with Gasteiger partial charge in [0, 0.05) is 11.9 Å². The molecule has 0 aromatic carbocycles. The topological polar surface area (TPSA) is 62.2 Å². The van der Waals surface area contributed by atoms with Gasteiger partial charge in [-0.05, 0) is 25.6 Å². The molecule has 1 rings (SSSR count). The average Bonchev–Trinajstić information content (AvgIpc) is 2.28. The summed E-state index contributed by atoms with van der Waals surface area (Å²) in [6.45, 7) is 4.22. The Hall–Kier alpha value is -1.07. The highest BCUT2D eigenvalue weighted by atomic mass is 32.2. The molecule has 1 heterocycles. The van der Waals surface area contributed by atoms with E-state index in [-0.39, 0.29) is 0 Å². The molecule has 88 valence electrons. The van der Waals surface area contributed by atoms with Gasteiger partial charge >= 0.3 is 5.97 Å². The van der Waals surface area contributed by atoms with Crippen LogP contribution in [0.5, 0.6) is 0 Å². The summed E-state index contributed by atoms with van der Waals surface area (Å²) in [6, 6.07) is 5.60. The van der Waals surface area contributed by atoms with Crippen molar-refractivity contribution in [3.63, 3.8) is 0 Å². The second kappa shape index (κ2) is 5.86. The number of carboxylic acids is 1. The highest BCUT2D eigenvalue weighted by molar-refractivity contribution is 7.99. The van der Waals surface area contributed by atoms with E-state index in [0.29, 0.717) is 12.3 Å². The number of hydrogen-bond acceptors (Lipinski definition) is 4. The maximum atomic E-state index is 11.1. The number of likely N-dealkylation sites (N-methyl/N-ethyl adjacent to an activating group) is 1. The molecule has 0 amide bonds. The minimum atomic E-state index is -0.906. The van der Waals surface area contributed by atoms with Crippen LogP contribution in [0.15, 0.2) is 29.4 Å². The van der Waals surface area contributed by atoms with E-state index in [1.807, 2.05) is 25.1 Å². The van der Waals surface area contributed by atoms with Crippen LogP contribution in [0.2, 0.25) is 0 Å². The van der Waals surface area contributed by atoms with E-state index in [1.165, 1.54) is 11.8 Å². The Labute approximate surface area is 99.5 Å². The zero-order valence-electron chi connectivity index (χ0n) is 9.43. The predicted octanol–water partition coefficient (Wildman–Crippen LogP) is 1.63. The number of rotatable bonds is 6. The van der Waals surface area contributed by atoms with Gasteiger partial charge in [-0.3, -0.25) is 4.79 Å². The molecule has 1 unspecified atom stereocenters. The lowest BCUT2D eigenvalue weighted by Crippen LogP contribution is -2.51. The summed E-state index contributed by atoms with van der Waals surface area (Å²) < 4.78 is 0. The molecule has 0 radical (unpaired) electrons. The third-order valence-electron chi connectivity index (χ3n) is 2.19. The summed E-state index contributed by atoms with van der Waals surface area (Å²) in [5, 5.41) is 13.0. The van der Waals surface area contributed by atoms with Crippen molar-refractivity contribution in [1.29, 1.82) is 0 Å². The average molecular weight is 240 g/mol. The molecular weight excluding hydrogens is 224 g/mol. The summed E-state index contributed by atoms with van der Waals surface area (Å²) in [4.78, 5) is 15.3. The van der Waals surface area contributed by atoms with Crippen molar-refractivity contribution in [3.05, 3.63) is 24.4 Å². The normalized spacial score (nSPS) is 14.4. The SMILES string of the molecule is CCNC(C)(CSc1ccccn1)C(=O)O. The van der Waals surface area contributed by atoms with E-state index in [9.17, 15) is 4.79 Å². The summed E-state index contributed by atoms with van der Waals surface area (Å²) in [7, 11) is 0. The van der Waals surface area contributed by atoms with Crippen LogP contribution in [0.25, 0.3) is 0 Å². The van der Waals surface area contributed by atoms with Gasteiger partial charge in [0.15, 0.2) is 0 Å². The van der Waals surface area contributed by atoms with E-state index in [0.717, 1.165) is 5.03 Å². The van der Waals surface area contributed by atoms with Crippen LogP contribution in [0.4, 0.5) is 0 Å². The number of hydrogen-bond donors (Lipinski definition) is 2. The summed E-state index contributed by atoms with van der Waals surface area (Å²) in [6.07, 6.45) is 1.70. The molecule has 0 fully saturated rings. The van der Waals surface area contributed by atoms with Gasteiger partial charge < -0.3 is 10.4 Å². The fourth-order valence-corrected chi connectivity index (χ4v) is 2.20. The Morgan fingerprint density at radius 1 is 1.62 bits per heavy atom. The minimum Gasteiger partial charge on any atom is -0.480 e. The first-order chi connectivity index (χ1) is 7.58. The standard InChI is InChI=1S/C11H16N2O2S/c1-3-13-11(2,10(14)15)8-16-9-6-4-5-7-12-9/h4-7,13H,3,8H2,1-2H3,(H,14,15). The van der Waals surface area contributed by atoms with Gasteiger partial charge in [-0.15, -0.1) is 11.8 Å². The fourth-order valence-electron chi connectivity index (χ4n) is 1.23. The Bertz CT molecular complexity index is 345. The van der Waals surface area contributed by atoms with Crippen molar-refractivity contribution < 1.29 is 9.90 Å². The smallest absolute Gasteiger partial charge is 0.324 e. The van der Waals surface area contributed by atoms with E-state index < -0.39 is 11.5 Å². The Kier molecular flexibility index (Phi) is 4.76. The van der Waals surface area contributed by atoms with Crippen molar-refractivity contribution in [2.75, 3.05) is 12.3 Å². The third kappa shape index (κ3) is 3.50. The largest absolute Gasteiger partial charge is 0.480 e. The number of nitrogens with one attached hydrogen (secondary N) is 1. The molecule has 16 heavy (non-hydrogen) atoms. The molecule has 0 aliphatic heterocycles. The van der Waals surface area contributed by atoms with Crippen molar-refractivity contribution in [2.45, 2.75) is 24.4 Å². The molecular formula is C11H16N2O2S. The molecule has 0 spiro atoms. The molecule has 1 aromatic heterocycles. The van der Waals surface area contributed by atoms with Crippen LogP contribution in [0.3, 0.4) is 0 Å². The highest BCUT2D eigenvalue weighted by Gasteiger charge is 2.32. The molecule has 4 nitrogen and oxygen atoms in total. The van der Waals surface area contributed by atoms with Crippen LogP contribution in [-0.4, -0.2) is 33.9 Å². The highest BCUT2D eigenvalue weighted by Crippen LogP contribution is 2.20. The first-order valence-corrected chi connectivity index (χ1v) is 6.09. The summed E-state index contributed by atoms with van der Waals surface area (Å²) in [5.74, 6) is -0.384. The third-order valence-corrected chi connectivity index (χ3v) is 3.44. The lowest BCUT2D eigenvalue weighted by atomic mass is 10.1. The Balaban J connectivity index is 2.60. The molecule has 0 aliphatic carbocycles. The lowest BCUT2D eigenvalue weighted by Gasteiger charge is -2.24. The number of carboxylic acid groups (broad SMARTS) is 1. The lowest BCUT2D eigenvalue weighted by molar-refractivity contribution is -0.143. The number of carbonyl (C=O) groups is 1. The maximum Gasteiger partial charge on any atom is 0.324 e. The van der Waals surface area contributed by atoms with Gasteiger partial charge in [-0.2, -0.15) is 0 Å². The number of pyridine rings is 1. The first-order valence-electron chi connectivity index (χ1n) is 5.11. The summed E-state index contributed by atoms with van der Waals surface area (Å²) >= 11 is 1.44.